The van der Waals surface area contributed by atoms with Gasteiger partial charge in [-0.15, -0.1) is 11.3 Å². The maximum Gasteiger partial charge on any atom is 0.252 e. The Labute approximate surface area is 171 Å². The van der Waals surface area contributed by atoms with Crippen LogP contribution in [0.5, 0.6) is 0 Å². The fraction of sp³-hybridized carbons (Fsp3) is 0.476. The van der Waals surface area contributed by atoms with E-state index in [1.807, 2.05) is 6.92 Å². The summed E-state index contributed by atoms with van der Waals surface area (Å²) in [5, 5.41) is 4.81. The first-order valence-corrected chi connectivity index (χ1v) is 12.1. The summed E-state index contributed by atoms with van der Waals surface area (Å²) < 4.78 is 27.2. The maximum absolute atomic E-state index is 12.6. The molecule has 7 heteroatoms. The summed E-state index contributed by atoms with van der Waals surface area (Å²) in [6, 6.07) is 11.7. The van der Waals surface area contributed by atoms with Crippen LogP contribution in [0.15, 0.2) is 46.0 Å². The minimum Gasteiger partial charge on any atom is -0.352 e. The van der Waals surface area contributed by atoms with Gasteiger partial charge < -0.3 is 5.32 Å². The second-order valence-corrected chi connectivity index (χ2v) is 10.5. The van der Waals surface area contributed by atoms with Gasteiger partial charge in [-0.05, 0) is 47.8 Å². The summed E-state index contributed by atoms with van der Waals surface area (Å²) in [6.45, 7) is 5.54. The van der Waals surface area contributed by atoms with E-state index in [4.69, 9.17) is 0 Å². The Bertz CT molecular complexity index is 869. The number of nitrogens with one attached hydrogen (secondary N) is 1. The molecule has 1 aliphatic rings. The number of hydrogen-bond acceptors (Lipinski definition) is 4. The number of carbonyl (C=O) groups excluding carboxylic acids is 1. The molecule has 1 aliphatic heterocycles. The van der Waals surface area contributed by atoms with E-state index >= 15 is 0 Å². The van der Waals surface area contributed by atoms with Gasteiger partial charge in [0.2, 0.25) is 5.91 Å². The van der Waals surface area contributed by atoms with Gasteiger partial charge in [0, 0.05) is 25.6 Å². The molecule has 3 rings (SSSR count). The lowest BCUT2D eigenvalue weighted by molar-refractivity contribution is -0.126. The third-order valence-electron chi connectivity index (χ3n) is 5.61. The zero-order valence-electron chi connectivity index (χ0n) is 16.4. The van der Waals surface area contributed by atoms with Crippen molar-refractivity contribution in [2.45, 2.75) is 43.9 Å². The number of hydrogen-bond donors (Lipinski definition) is 1. The second kappa shape index (κ2) is 9.20. The topological polar surface area (TPSA) is 66.5 Å². The van der Waals surface area contributed by atoms with Crippen LogP contribution in [-0.2, 0) is 27.8 Å². The molecule has 1 saturated heterocycles. The number of thiophene rings is 1. The van der Waals surface area contributed by atoms with Crippen LogP contribution in [0.25, 0.3) is 0 Å². The van der Waals surface area contributed by atoms with Gasteiger partial charge >= 0.3 is 0 Å². The molecule has 1 amide bonds. The van der Waals surface area contributed by atoms with Gasteiger partial charge in [-0.3, -0.25) is 4.79 Å². The summed E-state index contributed by atoms with van der Waals surface area (Å²) in [7, 11) is -3.39. The number of carbonyl (C=O) groups is 1. The Balaban J connectivity index is 1.50. The zero-order valence-corrected chi connectivity index (χ0v) is 18.1. The summed E-state index contributed by atoms with van der Waals surface area (Å²) in [4.78, 5) is 12.6. The van der Waals surface area contributed by atoms with Crippen LogP contribution >= 0.6 is 11.3 Å². The van der Waals surface area contributed by atoms with Crippen molar-refractivity contribution in [2.24, 2.45) is 11.8 Å². The standard InChI is InChI=1S/C21H28N2O3S2/c1-3-17-6-8-18(9-7-17)15-22-21(24)16(2)19-10-12-23(13-11-19)28(25,26)20-5-4-14-27-20/h4-9,14,16,19H,3,10-13,15H2,1-2H3,(H,22,24). The summed E-state index contributed by atoms with van der Waals surface area (Å²) >= 11 is 1.25. The molecule has 1 aromatic carbocycles. The fourth-order valence-electron chi connectivity index (χ4n) is 3.61. The third kappa shape index (κ3) is 4.82. The summed E-state index contributed by atoms with van der Waals surface area (Å²) in [6.07, 6.45) is 2.43. The zero-order chi connectivity index (χ0) is 20.1. The first kappa shape index (κ1) is 21.0. The molecule has 0 aliphatic carbocycles. The molecular formula is C21H28N2O3S2. The number of rotatable bonds is 7. The van der Waals surface area contributed by atoms with Gasteiger partial charge in [0.1, 0.15) is 4.21 Å². The fourth-order valence-corrected chi connectivity index (χ4v) is 6.22. The van der Waals surface area contributed by atoms with Crippen LogP contribution in [0.3, 0.4) is 0 Å². The molecular weight excluding hydrogens is 392 g/mol. The van der Waals surface area contributed by atoms with Crippen LogP contribution in [0.1, 0.15) is 37.8 Å². The highest BCUT2D eigenvalue weighted by molar-refractivity contribution is 7.91. The molecule has 152 valence electrons. The Morgan fingerprint density at radius 2 is 1.82 bits per heavy atom. The van der Waals surface area contributed by atoms with Gasteiger partial charge in [-0.25, -0.2) is 8.42 Å². The molecule has 0 saturated carbocycles. The van der Waals surface area contributed by atoms with Crippen LogP contribution < -0.4 is 5.32 Å². The molecule has 0 radical (unpaired) electrons. The molecule has 28 heavy (non-hydrogen) atoms. The van der Waals surface area contributed by atoms with Crippen molar-refractivity contribution in [2.75, 3.05) is 13.1 Å². The van der Waals surface area contributed by atoms with Crippen molar-refractivity contribution in [1.82, 2.24) is 9.62 Å². The van der Waals surface area contributed by atoms with Crippen molar-refractivity contribution >= 4 is 27.3 Å². The first-order valence-electron chi connectivity index (χ1n) is 9.81. The predicted octanol–water partition coefficient (Wildman–Crippen LogP) is 3.66. The number of benzene rings is 1. The molecule has 1 atom stereocenters. The lowest BCUT2D eigenvalue weighted by Gasteiger charge is -2.33. The highest BCUT2D eigenvalue weighted by atomic mass is 32.2. The van der Waals surface area contributed by atoms with E-state index in [9.17, 15) is 13.2 Å². The maximum atomic E-state index is 12.6. The highest BCUT2D eigenvalue weighted by Crippen LogP contribution is 2.29. The van der Waals surface area contributed by atoms with Gasteiger partial charge in [0.15, 0.2) is 0 Å². The first-order chi connectivity index (χ1) is 13.4. The van der Waals surface area contributed by atoms with E-state index in [1.54, 1.807) is 21.8 Å². The van der Waals surface area contributed by atoms with Crippen LogP contribution in [0, 0.1) is 11.8 Å². The lowest BCUT2D eigenvalue weighted by atomic mass is 9.85. The van der Waals surface area contributed by atoms with E-state index in [0.717, 1.165) is 12.0 Å². The number of nitrogens with zero attached hydrogens (tertiary/aromatic N) is 1. The van der Waals surface area contributed by atoms with E-state index in [1.165, 1.54) is 16.9 Å². The minimum atomic E-state index is -3.39. The van der Waals surface area contributed by atoms with Crippen molar-refractivity contribution < 1.29 is 13.2 Å². The average Bonchev–Trinajstić information content (AvgIpc) is 3.28. The summed E-state index contributed by atoms with van der Waals surface area (Å²) in [5.41, 5.74) is 2.38. The molecule has 1 aromatic heterocycles. The smallest absolute Gasteiger partial charge is 0.252 e. The molecule has 0 spiro atoms. The Kier molecular flexibility index (Phi) is 6.91. The molecule has 1 N–H and O–H groups in total. The van der Waals surface area contributed by atoms with Crippen molar-refractivity contribution in [3.63, 3.8) is 0 Å². The van der Waals surface area contributed by atoms with E-state index in [-0.39, 0.29) is 17.7 Å². The Morgan fingerprint density at radius 1 is 1.18 bits per heavy atom. The van der Waals surface area contributed by atoms with Gasteiger partial charge in [-0.2, -0.15) is 4.31 Å². The van der Waals surface area contributed by atoms with Gasteiger partial charge in [0.25, 0.3) is 10.0 Å². The third-order valence-corrected chi connectivity index (χ3v) is 8.88. The normalized spacial score (nSPS) is 17.4. The number of amides is 1. The Hall–Kier alpha value is -1.70. The second-order valence-electron chi connectivity index (χ2n) is 7.35. The van der Waals surface area contributed by atoms with Crippen molar-refractivity contribution in [3.8, 4) is 0 Å². The lowest BCUT2D eigenvalue weighted by Crippen LogP contribution is -2.42. The van der Waals surface area contributed by atoms with Crippen molar-refractivity contribution in [1.29, 1.82) is 0 Å². The summed E-state index contributed by atoms with van der Waals surface area (Å²) in [5.74, 6) is 0.123. The minimum absolute atomic E-state index is 0.0409. The van der Waals surface area contributed by atoms with Crippen LogP contribution in [-0.4, -0.2) is 31.7 Å². The molecule has 0 bridgehead atoms. The molecule has 5 nitrogen and oxygen atoms in total. The van der Waals surface area contributed by atoms with E-state index < -0.39 is 10.0 Å². The average molecular weight is 421 g/mol. The molecule has 1 fully saturated rings. The van der Waals surface area contributed by atoms with E-state index in [0.29, 0.717) is 36.7 Å². The number of aryl methyl sites for hydroxylation is 1. The molecule has 1 unspecified atom stereocenters. The van der Waals surface area contributed by atoms with Crippen LogP contribution in [0.2, 0.25) is 0 Å². The van der Waals surface area contributed by atoms with Crippen LogP contribution in [0.4, 0.5) is 0 Å². The number of sulfonamides is 1. The Morgan fingerprint density at radius 3 is 2.39 bits per heavy atom. The molecule has 2 heterocycles. The van der Waals surface area contributed by atoms with Gasteiger partial charge in [-0.1, -0.05) is 44.2 Å². The van der Waals surface area contributed by atoms with E-state index in [2.05, 4.69) is 36.5 Å². The van der Waals surface area contributed by atoms with Crippen molar-refractivity contribution in [3.05, 3.63) is 52.9 Å². The largest absolute Gasteiger partial charge is 0.352 e. The number of piperidine rings is 1. The highest BCUT2D eigenvalue weighted by Gasteiger charge is 2.33. The predicted molar refractivity (Wildman–Crippen MR) is 113 cm³/mol. The molecule has 2 aromatic rings. The quantitative estimate of drug-likeness (QED) is 0.743. The SMILES string of the molecule is CCc1ccc(CNC(=O)C(C)C2CCN(S(=O)(=O)c3cccs3)CC2)cc1. The monoisotopic (exact) mass is 420 g/mol. The van der Waals surface area contributed by atoms with Gasteiger partial charge in [0.05, 0.1) is 0 Å².